The maximum Gasteiger partial charge on any atom is 0.303 e. The molecule has 0 bridgehead atoms. The summed E-state index contributed by atoms with van der Waals surface area (Å²) in [5.41, 5.74) is 5.62. The first-order valence-corrected chi connectivity index (χ1v) is 7.52. The third-order valence-corrected chi connectivity index (χ3v) is 3.58. The van der Waals surface area contributed by atoms with Crippen molar-refractivity contribution >= 4 is 5.97 Å². The number of carbonyl (C=O) groups is 1. The van der Waals surface area contributed by atoms with Crippen LogP contribution < -0.4 is 5.73 Å². The second kappa shape index (κ2) is 11.5. The highest BCUT2D eigenvalue weighted by molar-refractivity contribution is 5.67. The number of nitrogens with two attached hydrogens (primary N) is 1. The van der Waals surface area contributed by atoms with Crippen LogP contribution in [0.25, 0.3) is 0 Å². The Hall–Kier alpha value is -0.570. The fraction of sp³-hybridized carbons (Fsp3) is 0.933. The van der Waals surface area contributed by atoms with Gasteiger partial charge in [0.05, 0.1) is 0 Å². The molecule has 0 aliphatic carbocycles. The second-order valence-corrected chi connectivity index (χ2v) is 5.60. The van der Waals surface area contributed by atoms with Gasteiger partial charge in [-0.25, -0.2) is 0 Å². The van der Waals surface area contributed by atoms with Crippen molar-refractivity contribution in [3.63, 3.8) is 0 Å². The van der Waals surface area contributed by atoms with Gasteiger partial charge in [-0.05, 0) is 24.8 Å². The van der Waals surface area contributed by atoms with Gasteiger partial charge in [-0.1, -0.05) is 58.8 Å². The van der Waals surface area contributed by atoms with Crippen LogP contribution in [0.1, 0.15) is 71.6 Å². The van der Waals surface area contributed by atoms with E-state index >= 15 is 0 Å². The molecule has 2 unspecified atom stereocenters. The summed E-state index contributed by atoms with van der Waals surface area (Å²) < 4.78 is 0. The third kappa shape index (κ3) is 10.6. The second-order valence-electron chi connectivity index (χ2n) is 5.60. The SMILES string of the molecule is CCCCCCCCC(C)CC(CN)CC(=O)O. The van der Waals surface area contributed by atoms with Crippen LogP contribution in [0.5, 0.6) is 0 Å². The summed E-state index contributed by atoms with van der Waals surface area (Å²) in [6.07, 6.45) is 10.3. The van der Waals surface area contributed by atoms with E-state index in [1.54, 1.807) is 0 Å². The molecule has 3 heteroatoms. The molecule has 3 N–H and O–H groups in total. The Balaban J connectivity index is 3.56. The van der Waals surface area contributed by atoms with E-state index in [1.165, 1.54) is 44.9 Å². The molecule has 0 amide bonds. The van der Waals surface area contributed by atoms with Crippen molar-refractivity contribution in [3.8, 4) is 0 Å². The summed E-state index contributed by atoms with van der Waals surface area (Å²) in [6.45, 7) is 4.95. The molecule has 0 saturated carbocycles. The van der Waals surface area contributed by atoms with Gasteiger partial charge in [-0.3, -0.25) is 4.79 Å². The van der Waals surface area contributed by atoms with Crippen LogP contribution in [0.15, 0.2) is 0 Å². The molecule has 18 heavy (non-hydrogen) atoms. The number of hydrogen-bond acceptors (Lipinski definition) is 2. The Kier molecular flexibility index (Phi) is 11.2. The molecule has 0 aromatic heterocycles. The molecule has 0 saturated heterocycles. The number of unbranched alkanes of at least 4 members (excludes halogenated alkanes) is 5. The largest absolute Gasteiger partial charge is 0.481 e. The Morgan fingerprint density at radius 2 is 1.78 bits per heavy atom. The van der Waals surface area contributed by atoms with E-state index in [1.807, 2.05) is 0 Å². The summed E-state index contributed by atoms with van der Waals surface area (Å²) in [5, 5.41) is 8.77. The van der Waals surface area contributed by atoms with Crippen molar-refractivity contribution in [3.05, 3.63) is 0 Å². The number of hydrogen-bond donors (Lipinski definition) is 2. The fourth-order valence-corrected chi connectivity index (χ4v) is 2.47. The van der Waals surface area contributed by atoms with E-state index in [9.17, 15) is 4.79 Å². The van der Waals surface area contributed by atoms with Gasteiger partial charge in [-0.15, -0.1) is 0 Å². The minimum atomic E-state index is -0.725. The maximum absolute atomic E-state index is 10.7. The number of carboxylic acid groups (broad SMARTS) is 1. The molecule has 0 rings (SSSR count). The standard InChI is InChI=1S/C15H31NO2/c1-3-4-5-6-7-8-9-13(2)10-14(12-16)11-15(17)18/h13-14H,3-12,16H2,1-2H3,(H,17,18). The van der Waals surface area contributed by atoms with E-state index < -0.39 is 5.97 Å². The van der Waals surface area contributed by atoms with E-state index in [-0.39, 0.29) is 12.3 Å². The molecule has 0 heterocycles. The van der Waals surface area contributed by atoms with Gasteiger partial charge in [0.15, 0.2) is 0 Å². The lowest BCUT2D eigenvalue weighted by Crippen LogP contribution is -2.20. The van der Waals surface area contributed by atoms with E-state index in [4.69, 9.17) is 10.8 Å². The highest BCUT2D eigenvalue weighted by atomic mass is 16.4. The molecule has 0 aromatic carbocycles. The van der Waals surface area contributed by atoms with Crippen molar-refractivity contribution in [1.29, 1.82) is 0 Å². The monoisotopic (exact) mass is 257 g/mol. The average molecular weight is 257 g/mol. The molecule has 0 aromatic rings. The summed E-state index contributed by atoms with van der Waals surface area (Å²) >= 11 is 0. The Morgan fingerprint density at radius 3 is 2.33 bits per heavy atom. The average Bonchev–Trinajstić information content (AvgIpc) is 2.32. The molecule has 0 spiro atoms. The summed E-state index contributed by atoms with van der Waals surface area (Å²) in [4.78, 5) is 10.7. The lowest BCUT2D eigenvalue weighted by molar-refractivity contribution is -0.138. The van der Waals surface area contributed by atoms with Gasteiger partial charge in [0.2, 0.25) is 0 Å². The zero-order chi connectivity index (χ0) is 13.8. The molecule has 0 aliphatic rings. The lowest BCUT2D eigenvalue weighted by Gasteiger charge is -2.17. The van der Waals surface area contributed by atoms with Crippen LogP contribution in [-0.4, -0.2) is 17.6 Å². The molecule has 108 valence electrons. The highest BCUT2D eigenvalue weighted by Crippen LogP contribution is 2.20. The molecular weight excluding hydrogens is 226 g/mol. The van der Waals surface area contributed by atoms with E-state index in [2.05, 4.69) is 13.8 Å². The number of rotatable bonds is 12. The third-order valence-electron chi connectivity index (χ3n) is 3.58. The van der Waals surface area contributed by atoms with Crippen molar-refractivity contribution in [2.45, 2.75) is 71.6 Å². The first-order chi connectivity index (χ1) is 8.60. The number of carboxylic acids is 1. The van der Waals surface area contributed by atoms with E-state index in [0.29, 0.717) is 12.5 Å². The molecule has 0 fully saturated rings. The summed E-state index contributed by atoms with van der Waals surface area (Å²) in [7, 11) is 0. The summed E-state index contributed by atoms with van der Waals surface area (Å²) in [6, 6.07) is 0. The van der Waals surface area contributed by atoms with Gasteiger partial charge in [0.1, 0.15) is 0 Å². The number of aliphatic carboxylic acids is 1. The fourth-order valence-electron chi connectivity index (χ4n) is 2.47. The maximum atomic E-state index is 10.7. The van der Waals surface area contributed by atoms with Gasteiger partial charge in [0, 0.05) is 6.42 Å². The van der Waals surface area contributed by atoms with Crippen LogP contribution in [0.4, 0.5) is 0 Å². The summed E-state index contributed by atoms with van der Waals surface area (Å²) in [5.74, 6) is 0.0267. The van der Waals surface area contributed by atoms with Crippen molar-refractivity contribution in [2.24, 2.45) is 17.6 Å². The first-order valence-electron chi connectivity index (χ1n) is 7.52. The lowest BCUT2D eigenvalue weighted by atomic mass is 9.89. The zero-order valence-electron chi connectivity index (χ0n) is 12.2. The topological polar surface area (TPSA) is 63.3 Å². The van der Waals surface area contributed by atoms with Gasteiger partial charge >= 0.3 is 5.97 Å². The van der Waals surface area contributed by atoms with Crippen LogP contribution in [0.2, 0.25) is 0 Å². The van der Waals surface area contributed by atoms with E-state index in [0.717, 1.165) is 6.42 Å². The zero-order valence-corrected chi connectivity index (χ0v) is 12.2. The Morgan fingerprint density at radius 1 is 1.17 bits per heavy atom. The van der Waals surface area contributed by atoms with Gasteiger partial charge < -0.3 is 10.8 Å². The predicted octanol–water partition coefficient (Wildman–Crippen LogP) is 3.81. The van der Waals surface area contributed by atoms with Crippen LogP contribution in [-0.2, 0) is 4.79 Å². The normalized spacial score (nSPS) is 14.4. The van der Waals surface area contributed by atoms with Gasteiger partial charge in [0.25, 0.3) is 0 Å². The minimum Gasteiger partial charge on any atom is -0.481 e. The van der Waals surface area contributed by atoms with Crippen molar-refractivity contribution < 1.29 is 9.90 Å². The molecule has 2 atom stereocenters. The molecule has 0 radical (unpaired) electrons. The van der Waals surface area contributed by atoms with Crippen LogP contribution >= 0.6 is 0 Å². The molecule has 0 aliphatic heterocycles. The molecular formula is C15H31NO2. The Bertz CT molecular complexity index is 207. The molecule has 3 nitrogen and oxygen atoms in total. The minimum absolute atomic E-state index is 0.151. The first kappa shape index (κ1) is 17.4. The quantitative estimate of drug-likeness (QED) is 0.522. The van der Waals surface area contributed by atoms with Crippen molar-refractivity contribution in [2.75, 3.05) is 6.54 Å². The highest BCUT2D eigenvalue weighted by Gasteiger charge is 2.14. The predicted molar refractivity (Wildman–Crippen MR) is 76.6 cm³/mol. The van der Waals surface area contributed by atoms with Crippen LogP contribution in [0.3, 0.4) is 0 Å². The Labute approximate surface area is 112 Å². The van der Waals surface area contributed by atoms with Gasteiger partial charge in [-0.2, -0.15) is 0 Å². The smallest absolute Gasteiger partial charge is 0.303 e. The van der Waals surface area contributed by atoms with Crippen LogP contribution in [0, 0.1) is 11.8 Å². The van der Waals surface area contributed by atoms with Crippen molar-refractivity contribution in [1.82, 2.24) is 0 Å².